The van der Waals surface area contributed by atoms with Crippen LogP contribution in [0.4, 0.5) is 47.6 Å². The molecule has 8 heterocycles. The van der Waals surface area contributed by atoms with E-state index in [4.69, 9.17) is 44.9 Å². The Kier molecular flexibility index (Phi) is 20.4. The molecule has 0 aromatic carbocycles. The van der Waals surface area contributed by atoms with Gasteiger partial charge in [-0.25, -0.2) is 0 Å². The lowest BCUT2D eigenvalue weighted by molar-refractivity contribution is 0.159. The molecule has 0 bridgehead atoms. The summed E-state index contributed by atoms with van der Waals surface area (Å²) in [5.74, 6) is 5.76. The van der Waals surface area contributed by atoms with Crippen LogP contribution in [0.3, 0.4) is 0 Å². The van der Waals surface area contributed by atoms with E-state index in [1.165, 1.54) is 0 Å². The normalized spacial score (nSPS) is 23.6. The molecule has 5 aliphatic heterocycles. The van der Waals surface area contributed by atoms with Crippen molar-refractivity contribution < 1.29 is 0 Å². The van der Waals surface area contributed by atoms with Crippen molar-refractivity contribution in [2.75, 3.05) is 115 Å². The smallest absolute Gasteiger partial charge is 0.231 e. The van der Waals surface area contributed by atoms with Gasteiger partial charge in [-0.15, -0.1) is 0 Å². The summed E-state index contributed by atoms with van der Waals surface area (Å²) in [6, 6.07) is 1.13. The summed E-state index contributed by atoms with van der Waals surface area (Å²) in [6.45, 7) is 51.1. The largest absolute Gasteiger partial charge is 0.354 e. The highest BCUT2D eigenvalue weighted by atomic mass is 15.4. The van der Waals surface area contributed by atoms with Crippen LogP contribution >= 0.6 is 0 Å². The summed E-state index contributed by atoms with van der Waals surface area (Å²) in [5, 5.41) is 26.8. The van der Waals surface area contributed by atoms with Crippen molar-refractivity contribution >= 4 is 47.6 Å². The van der Waals surface area contributed by atoms with Crippen LogP contribution in [-0.4, -0.2) is 210 Å². The molecule has 0 amide bonds. The molecule has 5 fully saturated rings. The van der Waals surface area contributed by atoms with Crippen LogP contribution in [0.15, 0.2) is 0 Å². The van der Waals surface area contributed by atoms with Crippen LogP contribution in [0.5, 0.6) is 0 Å². The van der Waals surface area contributed by atoms with Gasteiger partial charge in [0.1, 0.15) is 5.82 Å². The minimum atomic E-state index is -0.0675. The first kappa shape index (κ1) is 71.0. The lowest BCUT2D eigenvalue weighted by atomic mass is 9.79. The monoisotopic (exact) mass is 1250 g/mol. The molecule has 23 heteroatoms. The Morgan fingerprint density at radius 2 is 0.567 bits per heavy atom. The Labute approximate surface area is 544 Å². The molecule has 8 rings (SSSR count). The van der Waals surface area contributed by atoms with Crippen LogP contribution < -0.4 is 66.6 Å². The van der Waals surface area contributed by atoms with Crippen LogP contribution in [0, 0.1) is 6.92 Å². The molecule has 0 unspecified atom stereocenters. The molecule has 0 atom stereocenters. The van der Waals surface area contributed by atoms with Crippen molar-refractivity contribution in [3.63, 3.8) is 0 Å². The Morgan fingerprint density at radius 3 is 0.856 bits per heavy atom. The summed E-state index contributed by atoms with van der Waals surface area (Å²) in [6.07, 6.45) is 10.5. The zero-order chi connectivity index (χ0) is 66.8. The Hall–Kier alpha value is -4.81. The van der Waals surface area contributed by atoms with E-state index >= 15 is 0 Å². The first-order chi connectivity index (χ1) is 41.2. The van der Waals surface area contributed by atoms with E-state index in [0.29, 0.717) is 73.2 Å². The predicted octanol–water partition coefficient (Wildman–Crippen LogP) is 8.59. The number of aryl methyl sites for hydroxylation is 1. The quantitative estimate of drug-likeness (QED) is 0.0370. The van der Waals surface area contributed by atoms with Gasteiger partial charge in [0.15, 0.2) is 0 Å². The van der Waals surface area contributed by atoms with Crippen molar-refractivity contribution in [1.82, 2.24) is 76.3 Å². The second-order valence-electron chi connectivity index (χ2n) is 35.0. The standard InChI is InChI=1S/C67H125N23/c1-44-70-52(85(23)45-33-58(2,3)79-59(4,5)34-45)78-57(71-44)90(43-69-51-74-55(88(26)48-39-64(14,15)82-65(16,17)40-48)77-56(75-51)89(27)49-41-66(18,19)83-67(20,21)42-49)32-31-84(22)30-28-29-68-50-72-53(86(24)46-35-60(6,7)80-61(8,9)36-46)76-54(73-50)87(25)47-37-62(10,11)81-63(12,13)38-47/h45-49,79-83H,28-43H2,1-27H3,(H,68,72,73,76)(H,69,74,75,77). The lowest BCUT2D eigenvalue weighted by Gasteiger charge is -2.49. The molecule has 3 aromatic rings. The van der Waals surface area contributed by atoms with Gasteiger partial charge in [-0.05, 0) is 230 Å². The lowest BCUT2D eigenvalue weighted by Crippen LogP contribution is -2.62. The van der Waals surface area contributed by atoms with E-state index in [0.717, 1.165) is 83.7 Å². The van der Waals surface area contributed by atoms with Crippen LogP contribution in [-0.2, 0) is 0 Å². The average Bonchev–Trinajstić information content (AvgIpc) is 0.813. The van der Waals surface area contributed by atoms with Gasteiger partial charge in [-0.2, -0.15) is 44.9 Å². The molecule has 5 aliphatic rings. The third-order valence-corrected chi connectivity index (χ3v) is 19.6. The summed E-state index contributed by atoms with van der Waals surface area (Å²) in [4.78, 5) is 62.9. The van der Waals surface area contributed by atoms with Crippen molar-refractivity contribution in [1.29, 1.82) is 0 Å². The van der Waals surface area contributed by atoms with E-state index in [9.17, 15) is 0 Å². The first-order valence-electron chi connectivity index (χ1n) is 33.9. The summed E-state index contributed by atoms with van der Waals surface area (Å²) >= 11 is 0. The van der Waals surface area contributed by atoms with Gasteiger partial charge in [0, 0.05) is 140 Å². The van der Waals surface area contributed by atoms with Crippen molar-refractivity contribution in [2.24, 2.45) is 0 Å². The third-order valence-electron chi connectivity index (χ3n) is 19.6. The number of rotatable bonds is 22. The average molecular weight is 1250 g/mol. The van der Waals surface area contributed by atoms with Crippen molar-refractivity contribution in [3.8, 4) is 0 Å². The molecule has 0 saturated carbocycles. The van der Waals surface area contributed by atoms with Crippen LogP contribution in [0.25, 0.3) is 0 Å². The summed E-state index contributed by atoms with van der Waals surface area (Å²) in [7, 11) is 13.0. The first-order valence-corrected chi connectivity index (χ1v) is 33.9. The Morgan fingerprint density at radius 1 is 0.322 bits per heavy atom. The highest BCUT2D eigenvalue weighted by Gasteiger charge is 2.45. The third kappa shape index (κ3) is 19.0. The van der Waals surface area contributed by atoms with Gasteiger partial charge in [0.05, 0.1) is 6.67 Å². The summed E-state index contributed by atoms with van der Waals surface area (Å²) < 4.78 is 0. The minimum absolute atomic E-state index is 0.0344. The van der Waals surface area contributed by atoms with Gasteiger partial charge < -0.3 is 71.5 Å². The number of nitrogens with zero attached hydrogens (tertiary/aromatic N) is 16. The van der Waals surface area contributed by atoms with Crippen molar-refractivity contribution in [3.05, 3.63) is 5.82 Å². The maximum atomic E-state index is 5.33. The number of hydrogen-bond acceptors (Lipinski definition) is 23. The summed E-state index contributed by atoms with van der Waals surface area (Å²) in [5.41, 5.74) is -0.517. The second-order valence-corrected chi connectivity index (χ2v) is 35.0. The van der Waals surface area contributed by atoms with Crippen LogP contribution in [0.1, 0.15) is 215 Å². The Bertz CT molecular complexity index is 2710. The fourth-order valence-corrected chi connectivity index (χ4v) is 17.1. The number of anilines is 8. The highest BCUT2D eigenvalue weighted by Crippen LogP contribution is 2.39. The molecule has 90 heavy (non-hydrogen) atoms. The van der Waals surface area contributed by atoms with Gasteiger partial charge in [0.25, 0.3) is 0 Å². The van der Waals surface area contributed by atoms with E-state index in [-0.39, 0.29) is 85.6 Å². The number of aromatic nitrogens is 9. The molecular weight excluding hydrogens is 1130 g/mol. The number of piperidine rings is 5. The van der Waals surface area contributed by atoms with Gasteiger partial charge in [0.2, 0.25) is 47.6 Å². The predicted molar refractivity (Wildman–Crippen MR) is 374 cm³/mol. The van der Waals surface area contributed by atoms with E-state index in [1.54, 1.807) is 0 Å². The number of likely N-dealkylation sites (N-methyl/N-ethyl adjacent to an activating group) is 1. The molecule has 3 aromatic heterocycles. The highest BCUT2D eigenvalue weighted by molar-refractivity contribution is 5.49. The molecule has 0 aliphatic carbocycles. The molecule has 0 spiro atoms. The molecular formula is C67H125N23. The van der Waals surface area contributed by atoms with Gasteiger partial charge in [-0.3, -0.25) is 0 Å². The fourth-order valence-electron chi connectivity index (χ4n) is 17.1. The van der Waals surface area contributed by atoms with E-state index < -0.39 is 0 Å². The van der Waals surface area contributed by atoms with Crippen molar-refractivity contribution in [2.45, 2.75) is 302 Å². The minimum Gasteiger partial charge on any atom is -0.354 e. The number of nitrogens with one attached hydrogen (secondary N) is 7. The maximum absolute atomic E-state index is 5.33. The van der Waals surface area contributed by atoms with Gasteiger partial charge in [-0.1, -0.05) is 0 Å². The molecule has 7 N–H and O–H groups in total. The topological polar surface area (TPSA) is 223 Å². The molecule has 508 valence electrons. The van der Waals surface area contributed by atoms with Crippen LogP contribution in [0.2, 0.25) is 0 Å². The molecule has 23 nitrogen and oxygen atoms in total. The fraction of sp³-hybridized carbons (Fsp3) is 0.866. The maximum Gasteiger partial charge on any atom is 0.231 e. The Balaban J connectivity index is 1.05. The van der Waals surface area contributed by atoms with Gasteiger partial charge >= 0.3 is 0 Å². The van der Waals surface area contributed by atoms with E-state index in [2.05, 4.69) is 252 Å². The SMILES string of the molecule is Cc1nc(N(CCN(C)CCCNc2nc(N(C)C3CC(C)(C)NC(C)(C)C3)nc(N(C)C3CC(C)(C)NC(C)(C)C3)n2)CNc2nc(N(C)C3CC(C)(C)NC(C)(C)C3)nc(N(C)C3CC(C)(C)NC(C)(C)C3)n2)nc(N(C)C2CC(C)(C)NC(C)(C)C2)n1. The number of hydrogen-bond donors (Lipinski definition) is 7. The molecule has 0 radical (unpaired) electrons. The zero-order valence-corrected chi connectivity index (χ0v) is 61.4. The second kappa shape index (κ2) is 25.8. The molecule has 5 saturated heterocycles. The zero-order valence-electron chi connectivity index (χ0n) is 61.4. The van der Waals surface area contributed by atoms with E-state index in [1.807, 2.05) is 6.92 Å².